The van der Waals surface area contributed by atoms with E-state index in [4.69, 9.17) is 4.74 Å². The van der Waals surface area contributed by atoms with Gasteiger partial charge in [-0.15, -0.1) is 11.8 Å². The summed E-state index contributed by atoms with van der Waals surface area (Å²) in [5, 5.41) is 3.14. The van der Waals surface area contributed by atoms with Crippen LogP contribution in [0.4, 0.5) is 0 Å². The third-order valence-corrected chi connectivity index (χ3v) is 5.21. The summed E-state index contributed by atoms with van der Waals surface area (Å²) >= 11 is 1.61. The SMILES string of the molecule is CSc1ccccc1C(=O)NC1COC2(CCCC2)C1. The molecule has 108 valence electrons. The third-order valence-electron chi connectivity index (χ3n) is 4.41. The molecule has 4 heteroatoms. The van der Waals surface area contributed by atoms with Crippen molar-refractivity contribution in [3.63, 3.8) is 0 Å². The van der Waals surface area contributed by atoms with Crippen molar-refractivity contribution in [2.45, 2.75) is 48.6 Å². The Morgan fingerprint density at radius 3 is 2.85 bits per heavy atom. The molecule has 3 nitrogen and oxygen atoms in total. The Morgan fingerprint density at radius 1 is 1.35 bits per heavy atom. The van der Waals surface area contributed by atoms with Gasteiger partial charge < -0.3 is 10.1 Å². The minimum Gasteiger partial charge on any atom is -0.373 e. The van der Waals surface area contributed by atoms with Crippen molar-refractivity contribution in [3.8, 4) is 0 Å². The van der Waals surface area contributed by atoms with Gasteiger partial charge in [-0.25, -0.2) is 0 Å². The first-order valence-corrected chi connectivity index (χ1v) is 8.53. The predicted octanol–water partition coefficient (Wildman–Crippen LogP) is 3.24. The lowest BCUT2D eigenvalue weighted by Crippen LogP contribution is -2.36. The van der Waals surface area contributed by atoms with Crippen molar-refractivity contribution in [1.82, 2.24) is 5.32 Å². The van der Waals surface area contributed by atoms with Gasteiger partial charge in [-0.1, -0.05) is 25.0 Å². The van der Waals surface area contributed by atoms with Gasteiger partial charge >= 0.3 is 0 Å². The van der Waals surface area contributed by atoms with E-state index >= 15 is 0 Å². The zero-order chi connectivity index (χ0) is 14.0. The standard InChI is InChI=1S/C16H21NO2S/c1-20-14-7-3-2-6-13(14)15(18)17-12-10-16(19-11-12)8-4-5-9-16/h2-3,6-7,12H,4-5,8-11H2,1H3,(H,17,18). The van der Waals surface area contributed by atoms with Crippen LogP contribution in [0.15, 0.2) is 29.2 Å². The highest BCUT2D eigenvalue weighted by molar-refractivity contribution is 7.98. The lowest BCUT2D eigenvalue weighted by Gasteiger charge is -2.21. The smallest absolute Gasteiger partial charge is 0.252 e. The van der Waals surface area contributed by atoms with E-state index in [1.165, 1.54) is 12.8 Å². The maximum atomic E-state index is 12.4. The van der Waals surface area contributed by atoms with Crippen molar-refractivity contribution in [2.24, 2.45) is 0 Å². The largest absolute Gasteiger partial charge is 0.373 e. The van der Waals surface area contributed by atoms with Crippen LogP contribution in [0, 0.1) is 0 Å². The summed E-state index contributed by atoms with van der Waals surface area (Å²) in [7, 11) is 0. The molecule has 1 aliphatic carbocycles. The van der Waals surface area contributed by atoms with Crippen LogP contribution in [0.2, 0.25) is 0 Å². The molecule has 1 atom stereocenters. The number of carbonyl (C=O) groups excluding carboxylic acids is 1. The molecule has 20 heavy (non-hydrogen) atoms. The molecule has 1 N–H and O–H groups in total. The summed E-state index contributed by atoms with van der Waals surface area (Å²) in [6.07, 6.45) is 7.80. The molecule has 1 aromatic carbocycles. The Balaban J connectivity index is 1.65. The molecular weight excluding hydrogens is 270 g/mol. The highest BCUT2D eigenvalue weighted by Crippen LogP contribution is 2.40. The summed E-state index contributed by atoms with van der Waals surface area (Å²) in [5.74, 6) is 0.0265. The molecule has 0 aromatic heterocycles. The van der Waals surface area contributed by atoms with E-state index in [1.54, 1.807) is 11.8 Å². The van der Waals surface area contributed by atoms with Crippen molar-refractivity contribution < 1.29 is 9.53 Å². The second kappa shape index (κ2) is 5.78. The molecule has 2 aliphatic rings. The number of ether oxygens (including phenoxy) is 1. The van der Waals surface area contributed by atoms with Gasteiger partial charge in [-0.3, -0.25) is 4.79 Å². The predicted molar refractivity (Wildman–Crippen MR) is 81.2 cm³/mol. The van der Waals surface area contributed by atoms with Crippen LogP contribution in [0.3, 0.4) is 0 Å². The van der Waals surface area contributed by atoms with Crippen molar-refractivity contribution in [1.29, 1.82) is 0 Å². The van der Waals surface area contributed by atoms with Gasteiger partial charge in [0.1, 0.15) is 0 Å². The van der Waals surface area contributed by atoms with E-state index in [2.05, 4.69) is 5.32 Å². The summed E-state index contributed by atoms with van der Waals surface area (Å²) in [4.78, 5) is 13.4. The summed E-state index contributed by atoms with van der Waals surface area (Å²) in [6, 6.07) is 7.92. The number of hydrogen-bond acceptors (Lipinski definition) is 3. The Kier molecular flexibility index (Phi) is 4.03. The Labute approximate surface area is 124 Å². The summed E-state index contributed by atoms with van der Waals surface area (Å²) < 4.78 is 5.99. The van der Waals surface area contributed by atoms with E-state index in [1.807, 2.05) is 30.5 Å². The molecule has 2 fully saturated rings. The first kappa shape index (κ1) is 14.0. The molecule has 1 spiro atoms. The van der Waals surface area contributed by atoms with Crippen LogP contribution in [0.5, 0.6) is 0 Å². The molecular formula is C16H21NO2S. The van der Waals surface area contributed by atoms with Crippen LogP contribution in [-0.4, -0.2) is 30.4 Å². The second-order valence-corrected chi connectivity index (χ2v) is 6.62. The highest BCUT2D eigenvalue weighted by Gasteiger charge is 2.42. The fourth-order valence-electron chi connectivity index (χ4n) is 3.40. The normalized spacial score (nSPS) is 24.1. The second-order valence-electron chi connectivity index (χ2n) is 5.78. The van der Waals surface area contributed by atoms with Crippen LogP contribution in [0.25, 0.3) is 0 Å². The Bertz CT molecular complexity index is 497. The average Bonchev–Trinajstić information content (AvgIpc) is 3.09. The molecule has 1 amide bonds. The molecule has 1 aliphatic heterocycles. The van der Waals surface area contributed by atoms with Crippen molar-refractivity contribution in [3.05, 3.63) is 29.8 Å². The van der Waals surface area contributed by atoms with E-state index in [0.717, 1.165) is 29.7 Å². The molecule has 1 saturated carbocycles. The minimum atomic E-state index is 0.0265. The van der Waals surface area contributed by atoms with Crippen LogP contribution in [-0.2, 0) is 4.74 Å². The molecule has 1 heterocycles. The molecule has 0 bridgehead atoms. The number of thioether (sulfide) groups is 1. The molecule has 1 aromatic rings. The number of benzene rings is 1. The average molecular weight is 291 g/mol. The van der Waals surface area contributed by atoms with Gasteiger partial charge in [0.2, 0.25) is 0 Å². The van der Waals surface area contributed by atoms with Crippen molar-refractivity contribution in [2.75, 3.05) is 12.9 Å². The van der Waals surface area contributed by atoms with E-state index in [-0.39, 0.29) is 17.6 Å². The van der Waals surface area contributed by atoms with Gasteiger partial charge in [0.25, 0.3) is 5.91 Å². The fourth-order valence-corrected chi connectivity index (χ4v) is 4.00. The summed E-state index contributed by atoms with van der Waals surface area (Å²) in [6.45, 7) is 0.660. The van der Waals surface area contributed by atoms with E-state index in [9.17, 15) is 4.79 Å². The number of nitrogens with one attached hydrogen (secondary N) is 1. The fraction of sp³-hybridized carbons (Fsp3) is 0.562. The highest BCUT2D eigenvalue weighted by atomic mass is 32.2. The number of amides is 1. The molecule has 1 saturated heterocycles. The summed E-state index contributed by atoms with van der Waals surface area (Å²) in [5.41, 5.74) is 0.837. The zero-order valence-electron chi connectivity index (χ0n) is 11.9. The topological polar surface area (TPSA) is 38.3 Å². The maximum absolute atomic E-state index is 12.4. The molecule has 1 unspecified atom stereocenters. The lowest BCUT2D eigenvalue weighted by molar-refractivity contribution is 0.00987. The number of rotatable bonds is 3. The maximum Gasteiger partial charge on any atom is 0.252 e. The van der Waals surface area contributed by atoms with E-state index in [0.29, 0.717) is 6.61 Å². The Hall–Kier alpha value is -1.00. The van der Waals surface area contributed by atoms with Gasteiger partial charge in [-0.05, 0) is 37.7 Å². The first-order chi connectivity index (χ1) is 9.72. The van der Waals surface area contributed by atoms with E-state index < -0.39 is 0 Å². The quantitative estimate of drug-likeness (QED) is 0.869. The monoisotopic (exact) mass is 291 g/mol. The van der Waals surface area contributed by atoms with Gasteiger partial charge in [-0.2, -0.15) is 0 Å². The minimum absolute atomic E-state index is 0.0265. The first-order valence-electron chi connectivity index (χ1n) is 7.30. The number of hydrogen-bond donors (Lipinski definition) is 1. The molecule has 3 rings (SSSR count). The Morgan fingerprint density at radius 2 is 2.10 bits per heavy atom. The van der Waals surface area contributed by atoms with Crippen molar-refractivity contribution >= 4 is 17.7 Å². The van der Waals surface area contributed by atoms with Gasteiger partial charge in [0.15, 0.2) is 0 Å². The lowest BCUT2D eigenvalue weighted by atomic mass is 9.96. The van der Waals surface area contributed by atoms with Crippen LogP contribution >= 0.6 is 11.8 Å². The van der Waals surface area contributed by atoms with Gasteiger partial charge in [0, 0.05) is 4.90 Å². The van der Waals surface area contributed by atoms with Crippen LogP contribution in [0.1, 0.15) is 42.5 Å². The molecule has 0 radical (unpaired) electrons. The van der Waals surface area contributed by atoms with Crippen LogP contribution < -0.4 is 5.32 Å². The van der Waals surface area contributed by atoms with Gasteiger partial charge in [0.05, 0.1) is 23.8 Å². The zero-order valence-corrected chi connectivity index (χ0v) is 12.7. The number of carbonyl (C=O) groups is 1. The third kappa shape index (κ3) is 2.72.